The predicted octanol–water partition coefficient (Wildman–Crippen LogP) is 3.94. The highest BCUT2D eigenvalue weighted by molar-refractivity contribution is 6.03. The van der Waals surface area contributed by atoms with E-state index in [2.05, 4.69) is 41.4 Å². The third kappa shape index (κ3) is 7.04. The molecule has 9 nitrogen and oxygen atoms in total. The summed E-state index contributed by atoms with van der Waals surface area (Å²) in [7, 11) is 3.97. The van der Waals surface area contributed by atoms with Crippen molar-refractivity contribution in [2.45, 2.75) is 78.4 Å². The topological polar surface area (TPSA) is 83.5 Å². The molecule has 1 aliphatic carbocycles. The van der Waals surface area contributed by atoms with E-state index in [1.54, 1.807) is 4.90 Å². The Hall–Kier alpha value is -2.91. The van der Waals surface area contributed by atoms with E-state index in [0.29, 0.717) is 18.2 Å². The number of likely N-dealkylation sites (N-methyl/N-ethyl adjacent to an activating group) is 2. The molecule has 3 aliphatic rings. The van der Waals surface area contributed by atoms with Crippen LogP contribution in [0, 0.1) is 5.92 Å². The van der Waals surface area contributed by atoms with Crippen molar-refractivity contribution < 1.29 is 9.59 Å². The number of amidine groups is 1. The van der Waals surface area contributed by atoms with Crippen LogP contribution in [0.15, 0.2) is 35.0 Å². The van der Waals surface area contributed by atoms with Crippen LogP contribution >= 0.6 is 0 Å². The SMILES string of the molecule is CC=C1C(=NC(C)Nc2ccc(C(=O)NN3CCN(C)CC3)cc2CC)N(C2CCCCC2)CC(C)C(=O)N1C. The Kier molecular flexibility index (Phi) is 10.2. The molecular weight excluding hydrogens is 502 g/mol. The van der Waals surface area contributed by atoms with Gasteiger partial charge in [-0.3, -0.25) is 15.0 Å². The lowest BCUT2D eigenvalue weighted by Crippen LogP contribution is -2.52. The van der Waals surface area contributed by atoms with E-state index in [9.17, 15) is 9.59 Å². The number of nitrogens with zero attached hydrogens (tertiary/aromatic N) is 5. The Labute approximate surface area is 240 Å². The molecule has 3 fully saturated rings. The first-order chi connectivity index (χ1) is 19.2. The van der Waals surface area contributed by atoms with E-state index < -0.39 is 0 Å². The summed E-state index contributed by atoms with van der Waals surface area (Å²) in [6.45, 7) is 12.4. The van der Waals surface area contributed by atoms with Crippen LogP contribution in [0.3, 0.4) is 0 Å². The number of anilines is 1. The molecule has 2 atom stereocenters. The maximum atomic E-state index is 13.1. The van der Waals surface area contributed by atoms with Gasteiger partial charge in [0.25, 0.3) is 5.91 Å². The second-order valence-corrected chi connectivity index (χ2v) is 11.6. The molecule has 0 aromatic heterocycles. The highest BCUT2D eigenvalue weighted by atomic mass is 16.2. The van der Waals surface area contributed by atoms with Gasteiger partial charge >= 0.3 is 0 Å². The van der Waals surface area contributed by atoms with Gasteiger partial charge in [-0.15, -0.1) is 0 Å². The number of carbonyl (C=O) groups excluding carboxylic acids is 2. The number of nitrogens with one attached hydrogen (secondary N) is 2. The molecule has 2 heterocycles. The van der Waals surface area contributed by atoms with E-state index in [1.165, 1.54) is 19.3 Å². The molecule has 1 saturated carbocycles. The number of piperazine rings is 1. The van der Waals surface area contributed by atoms with Crippen molar-refractivity contribution in [1.29, 1.82) is 0 Å². The summed E-state index contributed by atoms with van der Waals surface area (Å²) >= 11 is 0. The van der Waals surface area contributed by atoms with Gasteiger partial charge in [0.2, 0.25) is 5.91 Å². The van der Waals surface area contributed by atoms with E-state index in [0.717, 1.165) is 68.2 Å². The van der Waals surface area contributed by atoms with Crippen LogP contribution in [0.1, 0.15) is 75.7 Å². The number of hydrogen-bond acceptors (Lipinski definition) is 6. The first-order valence-electron chi connectivity index (χ1n) is 15.1. The molecule has 4 rings (SSSR count). The lowest BCUT2D eigenvalue weighted by Gasteiger charge is -2.37. The maximum Gasteiger partial charge on any atom is 0.265 e. The number of hydrazine groups is 1. The average molecular weight is 552 g/mol. The van der Waals surface area contributed by atoms with Crippen LogP contribution in [0.5, 0.6) is 0 Å². The minimum Gasteiger partial charge on any atom is -0.364 e. The largest absolute Gasteiger partial charge is 0.364 e. The lowest BCUT2D eigenvalue weighted by molar-refractivity contribution is -0.131. The molecule has 2 aliphatic heterocycles. The molecule has 2 N–H and O–H groups in total. The number of aryl methyl sites for hydroxylation is 1. The summed E-state index contributed by atoms with van der Waals surface area (Å²) in [4.78, 5) is 37.8. The Morgan fingerprint density at radius 3 is 2.48 bits per heavy atom. The maximum absolute atomic E-state index is 13.1. The van der Waals surface area contributed by atoms with Gasteiger partial charge in [0, 0.05) is 57.1 Å². The minimum absolute atomic E-state index is 0.0692. The number of allylic oxidation sites excluding steroid dienone is 1. The second kappa shape index (κ2) is 13.6. The van der Waals surface area contributed by atoms with Crippen molar-refractivity contribution in [3.05, 3.63) is 41.1 Å². The van der Waals surface area contributed by atoms with Crippen molar-refractivity contribution in [3.63, 3.8) is 0 Å². The van der Waals surface area contributed by atoms with Crippen LogP contribution in [-0.2, 0) is 11.2 Å². The number of rotatable bonds is 7. The number of aliphatic imine (C=N–C) groups is 1. The molecule has 1 aromatic carbocycles. The Morgan fingerprint density at radius 1 is 1.12 bits per heavy atom. The average Bonchev–Trinajstić information content (AvgIpc) is 3.04. The van der Waals surface area contributed by atoms with Gasteiger partial charge in [-0.25, -0.2) is 10.0 Å². The monoisotopic (exact) mass is 551 g/mol. The zero-order chi connectivity index (χ0) is 28.8. The van der Waals surface area contributed by atoms with Gasteiger partial charge < -0.3 is 20.0 Å². The van der Waals surface area contributed by atoms with Crippen molar-refractivity contribution in [3.8, 4) is 0 Å². The molecule has 0 bridgehead atoms. The van der Waals surface area contributed by atoms with E-state index in [-0.39, 0.29) is 23.9 Å². The van der Waals surface area contributed by atoms with Gasteiger partial charge in [0.15, 0.2) is 0 Å². The van der Waals surface area contributed by atoms with Gasteiger partial charge in [-0.05, 0) is 63.9 Å². The summed E-state index contributed by atoms with van der Waals surface area (Å²) in [5.74, 6) is 0.878. The molecule has 0 radical (unpaired) electrons. The number of benzene rings is 1. The highest BCUT2D eigenvalue weighted by Crippen LogP contribution is 2.29. The summed E-state index contributed by atoms with van der Waals surface area (Å²) in [6, 6.07) is 6.27. The van der Waals surface area contributed by atoms with Crippen molar-refractivity contribution in [2.75, 3.05) is 52.1 Å². The lowest BCUT2D eigenvalue weighted by atomic mass is 9.93. The van der Waals surface area contributed by atoms with Crippen molar-refractivity contribution in [1.82, 2.24) is 25.1 Å². The summed E-state index contributed by atoms with van der Waals surface area (Å²) < 4.78 is 0. The van der Waals surface area contributed by atoms with Gasteiger partial charge in [-0.1, -0.05) is 39.2 Å². The number of hydrogen-bond donors (Lipinski definition) is 2. The minimum atomic E-state index is -0.219. The standard InChI is InChI=1S/C31H49N7O2/c1-7-24-20-25(30(39)34-37-18-16-35(5)17-19-37)14-15-27(24)32-23(4)33-29-28(8-2)36(6)31(40)22(3)21-38(29)26-12-10-9-11-13-26/h8,14-15,20,22-23,26,32H,7,9-13,16-19,21H2,1-6H3,(H,34,39). The fourth-order valence-corrected chi connectivity index (χ4v) is 6.12. The molecule has 9 heteroatoms. The molecule has 2 unspecified atom stereocenters. The Morgan fingerprint density at radius 2 is 1.82 bits per heavy atom. The van der Waals surface area contributed by atoms with Crippen molar-refractivity contribution in [2.24, 2.45) is 10.9 Å². The second-order valence-electron chi connectivity index (χ2n) is 11.6. The van der Waals surface area contributed by atoms with E-state index >= 15 is 0 Å². The third-order valence-corrected chi connectivity index (χ3v) is 8.57. The van der Waals surface area contributed by atoms with Crippen LogP contribution in [0.25, 0.3) is 0 Å². The van der Waals surface area contributed by atoms with Gasteiger partial charge in [-0.2, -0.15) is 0 Å². The van der Waals surface area contributed by atoms with Crippen LogP contribution < -0.4 is 10.7 Å². The van der Waals surface area contributed by atoms with Crippen LogP contribution in [-0.4, -0.2) is 96.4 Å². The van der Waals surface area contributed by atoms with E-state index in [1.807, 2.05) is 50.2 Å². The highest BCUT2D eigenvalue weighted by Gasteiger charge is 2.36. The first kappa shape index (κ1) is 30.1. The first-order valence-corrected chi connectivity index (χ1v) is 15.1. The zero-order valence-electron chi connectivity index (χ0n) is 25.4. The van der Waals surface area contributed by atoms with E-state index in [4.69, 9.17) is 4.99 Å². The van der Waals surface area contributed by atoms with Gasteiger partial charge in [0.05, 0.1) is 11.6 Å². The quantitative estimate of drug-likeness (QED) is 0.534. The molecule has 220 valence electrons. The smallest absolute Gasteiger partial charge is 0.265 e. The normalized spacial score (nSPS) is 24.9. The molecule has 40 heavy (non-hydrogen) atoms. The molecular formula is C31H49N7O2. The summed E-state index contributed by atoms with van der Waals surface area (Å²) in [5.41, 5.74) is 6.67. The van der Waals surface area contributed by atoms with Crippen molar-refractivity contribution >= 4 is 23.3 Å². The molecule has 2 saturated heterocycles. The molecule has 0 spiro atoms. The van der Waals surface area contributed by atoms with Crippen LogP contribution in [0.2, 0.25) is 0 Å². The fraction of sp³-hybridized carbons (Fsp3) is 0.645. The molecule has 1 aromatic rings. The number of carbonyl (C=O) groups is 2. The summed E-state index contributed by atoms with van der Waals surface area (Å²) in [6.07, 6.45) is 8.60. The predicted molar refractivity (Wildman–Crippen MR) is 162 cm³/mol. The molecule has 2 amide bonds. The Bertz CT molecular complexity index is 1100. The Balaban J connectivity index is 1.54. The summed E-state index contributed by atoms with van der Waals surface area (Å²) in [5, 5.41) is 5.60. The van der Waals surface area contributed by atoms with Crippen LogP contribution in [0.4, 0.5) is 5.69 Å². The number of amides is 2. The third-order valence-electron chi connectivity index (χ3n) is 8.57. The van der Waals surface area contributed by atoms with Gasteiger partial charge in [0.1, 0.15) is 12.0 Å². The zero-order valence-corrected chi connectivity index (χ0v) is 25.4. The fourth-order valence-electron chi connectivity index (χ4n) is 6.12.